The predicted octanol–water partition coefficient (Wildman–Crippen LogP) is 3.07. The van der Waals surface area contributed by atoms with E-state index in [1.54, 1.807) is 25.1 Å². The Morgan fingerprint density at radius 2 is 2.08 bits per heavy atom. The molecular formula is C18H16BrNO5. The number of amides is 1. The average molecular weight is 406 g/mol. The van der Waals surface area contributed by atoms with Crippen LogP contribution >= 0.6 is 15.9 Å². The van der Waals surface area contributed by atoms with Gasteiger partial charge in [0.15, 0.2) is 23.9 Å². The second-order valence-corrected chi connectivity index (χ2v) is 6.38. The molecule has 25 heavy (non-hydrogen) atoms. The summed E-state index contributed by atoms with van der Waals surface area (Å²) >= 11 is 3.29. The van der Waals surface area contributed by atoms with Gasteiger partial charge in [0.2, 0.25) is 6.79 Å². The fraction of sp³-hybridized carbons (Fsp3) is 0.222. The van der Waals surface area contributed by atoms with Crippen molar-refractivity contribution in [2.75, 3.05) is 6.79 Å². The molecule has 1 heterocycles. The summed E-state index contributed by atoms with van der Waals surface area (Å²) in [6.45, 7) is 2.18. The van der Waals surface area contributed by atoms with Crippen molar-refractivity contribution in [3.8, 4) is 17.2 Å². The zero-order valence-corrected chi connectivity index (χ0v) is 15.0. The third kappa shape index (κ3) is 4.11. The molecule has 0 spiro atoms. The molecule has 7 heteroatoms. The standard InChI is InChI=1S/C18H16BrNO5/c1-11(25-15-5-3-14(19)7-13(15)9-21)18(22)20-8-12-2-4-16-17(6-12)24-10-23-16/h2-7,9,11H,8,10H2,1H3,(H,20,22)/t11-/m0/s1. The quantitative estimate of drug-likeness (QED) is 0.747. The molecule has 0 bridgehead atoms. The number of carbonyl (C=O) groups excluding carboxylic acids is 2. The summed E-state index contributed by atoms with van der Waals surface area (Å²) in [5.74, 6) is 1.45. The minimum absolute atomic E-state index is 0.211. The van der Waals surface area contributed by atoms with Gasteiger partial charge in [-0.3, -0.25) is 9.59 Å². The number of ether oxygens (including phenoxy) is 3. The molecule has 0 aliphatic carbocycles. The molecule has 0 radical (unpaired) electrons. The van der Waals surface area contributed by atoms with E-state index in [4.69, 9.17) is 14.2 Å². The van der Waals surface area contributed by atoms with Crippen LogP contribution in [0.25, 0.3) is 0 Å². The number of hydrogen-bond donors (Lipinski definition) is 1. The van der Waals surface area contributed by atoms with Crippen LogP contribution in [0.5, 0.6) is 17.2 Å². The van der Waals surface area contributed by atoms with Gasteiger partial charge in [-0.1, -0.05) is 22.0 Å². The largest absolute Gasteiger partial charge is 0.480 e. The monoisotopic (exact) mass is 405 g/mol. The van der Waals surface area contributed by atoms with Crippen LogP contribution in [0, 0.1) is 0 Å². The highest BCUT2D eigenvalue weighted by atomic mass is 79.9. The lowest BCUT2D eigenvalue weighted by atomic mass is 10.2. The van der Waals surface area contributed by atoms with E-state index in [9.17, 15) is 9.59 Å². The van der Waals surface area contributed by atoms with Crippen LogP contribution in [0.4, 0.5) is 0 Å². The van der Waals surface area contributed by atoms with Gasteiger partial charge in [-0.15, -0.1) is 0 Å². The highest BCUT2D eigenvalue weighted by molar-refractivity contribution is 9.10. The van der Waals surface area contributed by atoms with Gasteiger partial charge < -0.3 is 19.5 Å². The molecule has 1 N–H and O–H groups in total. The van der Waals surface area contributed by atoms with E-state index in [1.807, 2.05) is 18.2 Å². The number of halogens is 1. The number of aldehydes is 1. The smallest absolute Gasteiger partial charge is 0.261 e. The fourth-order valence-corrected chi connectivity index (χ4v) is 2.73. The van der Waals surface area contributed by atoms with Crippen molar-refractivity contribution in [1.29, 1.82) is 0 Å². The molecule has 0 saturated heterocycles. The van der Waals surface area contributed by atoms with Gasteiger partial charge in [0.05, 0.1) is 5.56 Å². The molecule has 0 fully saturated rings. The summed E-state index contributed by atoms with van der Waals surface area (Å²) in [5.41, 5.74) is 1.27. The first-order valence-electron chi connectivity index (χ1n) is 7.64. The normalized spacial score (nSPS) is 13.2. The Balaban J connectivity index is 1.58. The Labute approximate surface area is 153 Å². The first-order valence-corrected chi connectivity index (χ1v) is 8.44. The molecular weight excluding hydrogens is 390 g/mol. The predicted molar refractivity (Wildman–Crippen MR) is 94.0 cm³/mol. The van der Waals surface area contributed by atoms with Crippen molar-refractivity contribution >= 4 is 28.1 Å². The van der Waals surface area contributed by atoms with Gasteiger partial charge >= 0.3 is 0 Å². The van der Waals surface area contributed by atoms with Crippen molar-refractivity contribution in [3.63, 3.8) is 0 Å². The van der Waals surface area contributed by atoms with Crippen molar-refractivity contribution in [2.45, 2.75) is 19.6 Å². The van der Waals surface area contributed by atoms with E-state index in [2.05, 4.69) is 21.2 Å². The highest BCUT2D eigenvalue weighted by Crippen LogP contribution is 2.32. The van der Waals surface area contributed by atoms with Crippen molar-refractivity contribution in [3.05, 3.63) is 52.0 Å². The Bertz CT molecular complexity index is 808. The molecule has 0 aromatic heterocycles. The zero-order valence-electron chi connectivity index (χ0n) is 13.5. The molecule has 1 amide bonds. The minimum Gasteiger partial charge on any atom is -0.480 e. The summed E-state index contributed by atoms with van der Waals surface area (Å²) in [4.78, 5) is 23.3. The number of nitrogens with one attached hydrogen (secondary N) is 1. The lowest BCUT2D eigenvalue weighted by Gasteiger charge is -2.16. The molecule has 2 aromatic rings. The van der Waals surface area contributed by atoms with Gasteiger partial charge in [0.25, 0.3) is 5.91 Å². The Kier molecular flexibility index (Phi) is 5.23. The Morgan fingerprint density at radius 1 is 1.28 bits per heavy atom. The molecule has 0 unspecified atom stereocenters. The molecule has 1 aliphatic heterocycles. The van der Waals surface area contributed by atoms with Crippen LogP contribution < -0.4 is 19.5 Å². The zero-order chi connectivity index (χ0) is 17.8. The lowest BCUT2D eigenvalue weighted by Crippen LogP contribution is -2.36. The summed E-state index contributed by atoms with van der Waals surface area (Å²) < 4.78 is 16.9. The summed E-state index contributed by atoms with van der Waals surface area (Å²) in [7, 11) is 0. The Morgan fingerprint density at radius 3 is 2.88 bits per heavy atom. The maximum Gasteiger partial charge on any atom is 0.261 e. The van der Waals surface area contributed by atoms with Crippen LogP contribution in [-0.4, -0.2) is 25.1 Å². The van der Waals surface area contributed by atoms with Crippen LogP contribution in [0.1, 0.15) is 22.8 Å². The third-order valence-electron chi connectivity index (χ3n) is 3.68. The maximum atomic E-state index is 12.2. The van der Waals surface area contributed by atoms with E-state index in [0.29, 0.717) is 35.6 Å². The van der Waals surface area contributed by atoms with E-state index >= 15 is 0 Å². The molecule has 6 nitrogen and oxygen atoms in total. The van der Waals surface area contributed by atoms with Crippen LogP contribution in [0.2, 0.25) is 0 Å². The van der Waals surface area contributed by atoms with E-state index in [1.165, 1.54) is 0 Å². The number of fused-ring (bicyclic) bond motifs is 1. The molecule has 3 rings (SSSR count). The van der Waals surface area contributed by atoms with E-state index in [-0.39, 0.29) is 12.7 Å². The molecule has 2 aromatic carbocycles. The molecule has 0 saturated carbocycles. The SMILES string of the molecule is C[C@H](Oc1ccc(Br)cc1C=O)C(=O)NCc1ccc2c(c1)OCO2. The minimum atomic E-state index is -0.742. The number of carbonyl (C=O) groups is 2. The van der Waals surface area contributed by atoms with Crippen molar-refractivity contribution < 1.29 is 23.8 Å². The average Bonchev–Trinajstić information content (AvgIpc) is 3.08. The first-order chi connectivity index (χ1) is 12.1. The maximum absolute atomic E-state index is 12.2. The van der Waals surface area contributed by atoms with Crippen molar-refractivity contribution in [1.82, 2.24) is 5.32 Å². The van der Waals surface area contributed by atoms with E-state index in [0.717, 1.165) is 10.0 Å². The second kappa shape index (κ2) is 7.57. The number of benzene rings is 2. The number of rotatable bonds is 6. The molecule has 1 aliphatic rings. The van der Waals surface area contributed by atoms with Gasteiger partial charge in [-0.2, -0.15) is 0 Å². The first kappa shape index (κ1) is 17.3. The van der Waals surface area contributed by atoms with Gasteiger partial charge in [0, 0.05) is 11.0 Å². The molecule has 1 atom stereocenters. The van der Waals surface area contributed by atoms with Crippen molar-refractivity contribution in [2.24, 2.45) is 0 Å². The summed E-state index contributed by atoms with van der Waals surface area (Å²) in [6.07, 6.45) is -0.0500. The van der Waals surface area contributed by atoms with Crippen LogP contribution in [-0.2, 0) is 11.3 Å². The van der Waals surface area contributed by atoms with Gasteiger partial charge in [-0.25, -0.2) is 0 Å². The third-order valence-corrected chi connectivity index (χ3v) is 4.17. The lowest BCUT2D eigenvalue weighted by molar-refractivity contribution is -0.127. The second-order valence-electron chi connectivity index (χ2n) is 5.47. The van der Waals surface area contributed by atoms with Crippen LogP contribution in [0.3, 0.4) is 0 Å². The highest BCUT2D eigenvalue weighted by Gasteiger charge is 2.17. The summed E-state index contributed by atoms with van der Waals surface area (Å²) in [6, 6.07) is 10.5. The van der Waals surface area contributed by atoms with Gasteiger partial charge in [-0.05, 0) is 42.8 Å². The molecule has 130 valence electrons. The number of hydrogen-bond acceptors (Lipinski definition) is 5. The summed E-state index contributed by atoms with van der Waals surface area (Å²) in [5, 5.41) is 2.80. The topological polar surface area (TPSA) is 73.9 Å². The van der Waals surface area contributed by atoms with E-state index < -0.39 is 6.10 Å². The van der Waals surface area contributed by atoms with Crippen LogP contribution in [0.15, 0.2) is 40.9 Å². The van der Waals surface area contributed by atoms with Gasteiger partial charge in [0.1, 0.15) is 5.75 Å². The Hall–Kier alpha value is -2.54. The fourth-order valence-electron chi connectivity index (χ4n) is 2.35.